The molecular formula is C17H20N2O4. The standard InChI is InChI=1S/C17H20N2O4/c1-3-4-7-19(17(20)14-10-23-18-12(14)2)9-13-5-6-15-16(8-13)22-11-21-15/h5-6,8,10H,3-4,7,9,11H2,1-2H3. The Hall–Kier alpha value is -2.50. The van der Waals surface area contributed by atoms with Crippen molar-refractivity contribution in [1.82, 2.24) is 10.1 Å². The van der Waals surface area contributed by atoms with Gasteiger partial charge in [0.15, 0.2) is 11.5 Å². The summed E-state index contributed by atoms with van der Waals surface area (Å²) in [5.74, 6) is 1.41. The molecule has 0 aliphatic carbocycles. The van der Waals surface area contributed by atoms with Gasteiger partial charge in [-0.1, -0.05) is 24.6 Å². The third-order valence-electron chi connectivity index (χ3n) is 3.86. The zero-order valence-corrected chi connectivity index (χ0v) is 13.4. The van der Waals surface area contributed by atoms with Crippen LogP contribution < -0.4 is 9.47 Å². The number of carbonyl (C=O) groups excluding carboxylic acids is 1. The summed E-state index contributed by atoms with van der Waals surface area (Å²) >= 11 is 0. The van der Waals surface area contributed by atoms with Crippen LogP contribution in [0.15, 0.2) is 29.0 Å². The number of aryl methyl sites for hydroxylation is 1. The van der Waals surface area contributed by atoms with Crippen molar-refractivity contribution in [3.63, 3.8) is 0 Å². The maximum absolute atomic E-state index is 12.7. The van der Waals surface area contributed by atoms with Crippen molar-refractivity contribution < 1.29 is 18.8 Å². The monoisotopic (exact) mass is 316 g/mol. The number of carbonyl (C=O) groups is 1. The molecule has 1 amide bonds. The lowest BCUT2D eigenvalue weighted by atomic mass is 10.1. The van der Waals surface area contributed by atoms with E-state index in [1.165, 1.54) is 6.26 Å². The van der Waals surface area contributed by atoms with E-state index in [9.17, 15) is 4.79 Å². The number of ether oxygens (including phenoxy) is 2. The molecule has 2 aromatic rings. The molecular weight excluding hydrogens is 296 g/mol. The van der Waals surface area contributed by atoms with Crippen molar-refractivity contribution in [2.24, 2.45) is 0 Å². The topological polar surface area (TPSA) is 64.8 Å². The highest BCUT2D eigenvalue weighted by atomic mass is 16.7. The predicted octanol–water partition coefficient (Wildman–Crippen LogP) is 3.15. The highest BCUT2D eigenvalue weighted by molar-refractivity contribution is 5.94. The zero-order valence-electron chi connectivity index (χ0n) is 13.4. The van der Waals surface area contributed by atoms with Crippen LogP contribution in [-0.4, -0.2) is 29.3 Å². The molecule has 0 bridgehead atoms. The summed E-state index contributed by atoms with van der Waals surface area (Å²) in [5, 5.41) is 3.80. The lowest BCUT2D eigenvalue weighted by Gasteiger charge is -2.22. The number of hydrogen-bond acceptors (Lipinski definition) is 5. The van der Waals surface area contributed by atoms with Gasteiger partial charge in [-0.05, 0) is 31.0 Å². The first-order valence-corrected chi connectivity index (χ1v) is 7.78. The first-order valence-electron chi connectivity index (χ1n) is 7.78. The second-order valence-corrected chi connectivity index (χ2v) is 5.58. The first-order chi connectivity index (χ1) is 11.2. The Morgan fingerprint density at radius 1 is 1.30 bits per heavy atom. The van der Waals surface area contributed by atoms with Crippen LogP contribution >= 0.6 is 0 Å². The highest BCUT2D eigenvalue weighted by Crippen LogP contribution is 2.33. The molecule has 3 rings (SSSR count). The van der Waals surface area contributed by atoms with Crippen molar-refractivity contribution in [3.8, 4) is 11.5 Å². The van der Waals surface area contributed by atoms with E-state index in [4.69, 9.17) is 14.0 Å². The smallest absolute Gasteiger partial charge is 0.259 e. The number of unbranched alkanes of at least 4 members (excludes halogenated alkanes) is 1. The van der Waals surface area contributed by atoms with E-state index in [0.29, 0.717) is 24.3 Å². The Bertz CT molecular complexity index is 696. The fraction of sp³-hybridized carbons (Fsp3) is 0.412. The molecule has 1 aliphatic heterocycles. The molecule has 0 fully saturated rings. The van der Waals surface area contributed by atoms with E-state index in [2.05, 4.69) is 12.1 Å². The number of rotatable bonds is 6. The van der Waals surface area contributed by atoms with Crippen LogP contribution in [0.3, 0.4) is 0 Å². The van der Waals surface area contributed by atoms with Crippen LogP contribution in [0.5, 0.6) is 11.5 Å². The Morgan fingerprint density at radius 3 is 2.87 bits per heavy atom. The zero-order chi connectivity index (χ0) is 16.2. The number of benzene rings is 1. The minimum Gasteiger partial charge on any atom is -0.454 e. The maximum atomic E-state index is 12.7. The molecule has 0 unspecified atom stereocenters. The van der Waals surface area contributed by atoms with E-state index < -0.39 is 0 Å². The van der Waals surface area contributed by atoms with Gasteiger partial charge in [0.05, 0.1) is 5.69 Å². The average Bonchev–Trinajstić information content (AvgIpc) is 3.18. The molecule has 0 radical (unpaired) electrons. The fourth-order valence-corrected chi connectivity index (χ4v) is 2.53. The van der Waals surface area contributed by atoms with E-state index in [-0.39, 0.29) is 12.7 Å². The molecule has 0 saturated heterocycles. The minimum absolute atomic E-state index is 0.0603. The van der Waals surface area contributed by atoms with Crippen LogP contribution in [0.1, 0.15) is 41.4 Å². The summed E-state index contributed by atoms with van der Waals surface area (Å²) in [6.45, 7) is 5.33. The molecule has 122 valence electrons. The lowest BCUT2D eigenvalue weighted by molar-refractivity contribution is 0.0739. The average molecular weight is 316 g/mol. The molecule has 0 spiro atoms. The molecule has 2 heterocycles. The molecule has 1 aromatic heterocycles. The van der Waals surface area contributed by atoms with Crippen molar-refractivity contribution >= 4 is 5.91 Å². The molecule has 1 aromatic carbocycles. The second-order valence-electron chi connectivity index (χ2n) is 5.58. The number of hydrogen-bond donors (Lipinski definition) is 0. The maximum Gasteiger partial charge on any atom is 0.259 e. The Balaban J connectivity index is 1.79. The van der Waals surface area contributed by atoms with Gasteiger partial charge in [-0.3, -0.25) is 4.79 Å². The molecule has 6 heteroatoms. The number of nitrogens with zero attached hydrogens (tertiary/aromatic N) is 2. The first kappa shape index (κ1) is 15.4. The predicted molar refractivity (Wildman–Crippen MR) is 83.5 cm³/mol. The van der Waals surface area contributed by atoms with Gasteiger partial charge in [0.25, 0.3) is 5.91 Å². The Labute approximate surface area is 135 Å². The van der Waals surface area contributed by atoms with Gasteiger partial charge in [-0.25, -0.2) is 0 Å². The molecule has 6 nitrogen and oxygen atoms in total. The second kappa shape index (κ2) is 6.73. The van der Waals surface area contributed by atoms with Gasteiger partial charge >= 0.3 is 0 Å². The third-order valence-corrected chi connectivity index (χ3v) is 3.86. The van der Waals surface area contributed by atoms with Crippen molar-refractivity contribution in [2.45, 2.75) is 33.2 Å². The van der Waals surface area contributed by atoms with E-state index in [1.807, 2.05) is 23.1 Å². The van der Waals surface area contributed by atoms with Gasteiger partial charge in [-0.15, -0.1) is 0 Å². The molecule has 0 saturated carbocycles. The molecule has 0 atom stereocenters. The summed E-state index contributed by atoms with van der Waals surface area (Å²) in [4.78, 5) is 14.6. The van der Waals surface area contributed by atoms with Gasteiger partial charge in [-0.2, -0.15) is 0 Å². The summed E-state index contributed by atoms with van der Waals surface area (Å²) in [6, 6.07) is 5.76. The summed E-state index contributed by atoms with van der Waals surface area (Å²) in [6.07, 6.45) is 3.38. The SMILES string of the molecule is CCCCN(Cc1ccc2c(c1)OCO2)C(=O)c1conc1C. The fourth-order valence-electron chi connectivity index (χ4n) is 2.53. The van der Waals surface area contributed by atoms with E-state index >= 15 is 0 Å². The van der Waals surface area contributed by atoms with Gasteiger partial charge < -0.3 is 18.9 Å². The van der Waals surface area contributed by atoms with Gasteiger partial charge in [0.1, 0.15) is 11.8 Å². The number of amides is 1. The Morgan fingerprint density at radius 2 is 2.13 bits per heavy atom. The summed E-state index contributed by atoms with van der Waals surface area (Å²) in [5.41, 5.74) is 2.14. The van der Waals surface area contributed by atoms with Crippen molar-refractivity contribution in [3.05, 3.63) is 41.3 Å². The van der Waals surface area contributed by atoms with Gasteiger partial charge in [0, 0.05) is 13.1 Å². The number of aromatic nitrogens is 1. The summed E-state index contributed by atoms with van der Waals surface area (Å²) in [7, 11) is 0. The third kappa shape index (κ3) is 3.31. The molecule has 23 heavy (non-hydrogen) atoms. The van der Waals surface area contributed by atoms with Crippen molar-refractivity contribution in [1.29, 1.82) is 0 Å². The van der Waals surface area contributed by atoms with Gasteiger partial charge in [0.2, 0.25) is 6.79 Å². The Kier molecular flexibility index (Phi) is 4.50. The normalized spacial score (nSPS) is 12.4. The quantitative estimate of drug-likeness (QED) is 0.819. The highest BCUT2D eigenvalue weighted by Gasteiger charge is 2.21. The molecule has 0 N–H and O–H groups in total. The van der Waals surface area contributed by atoms with Crippen LogP contribution in [0.4, 0.5) is 0 Å². The largest absolute Gasteiger partial charge is 0.454 e. The van der Waals surface area contributed by atoms with Crippen molar-refractivity contribution in [2.75, 3.05) is 13.3 Å². The van der Waals surface area contributed by atoms with Crippen LogP contribution in [-0.2, 0) is 6.54 Å². The van der Waals surface area contributed by atoms with E-state index in [1.54, 1.807) is 6.92 Å². The lowest BCUT2D eigenvalue weighted by Crippen LogP contribution is -2.31. The van der Waals surface area contributed by atoms with Crippen LogP contribution in [0.25, 0.3) is 0 Å². The van der Waals surface area contributed by atoms with Crippen LogP contribution in [0, 0.1) is 6.92 Å². The van der Waals surface area contributed by atoms with E-state index in [0.717, 1.165) is 29.9 Å². The summed E-state index contributed by atoms with van der Waals surface area (Å²) < 4.78 is 15.6. The molecule has 1 aliphatic rings. The number of fused-ring (bicyclic) bond motifs is 1. The van der Waals surface area contributed by atoms with Crippen LogP contribution in [0.2, 0.25) is 0 Å². The minimum atomic E-state index is -0.0603.